The number of nitrogens with one attached hydrogen (secondary N) is 3. The average molecular weight is 525 g/mol. The quantitative estimate of drug-likeness (QED) is 0.212. The lowest BCUT2D eigenvalue weighted by molar-refractivity contribution is -0.187. The highest BCUT2D eigenvalue weighted by Gasteiger charge is 2.42. The third kappa shape index (κ3) is 8.55. The number of alkyl halides is 3. The molecule has 0 unspecified atom stereocenters. The molecule has 0 aromatic heterocycles. The Labute approximate surface area is 205 Å². The van der Waals surface area contributed by atoms with Crippen LogP contribution in [0.2, 0.25) is 0 Å². The first-order valence-electron chi connectivity index (χ1n) is 10.7. The van der Waals surface area contributed by atoms with Crippen LogP contribution >= 0.6 is 24.2 Å². The van der Waals surface area contributed by atoms with Gasteiger partial charge in [0, 0.05) is 23.1 Å². The number of amides is 3. The van der Waals surface area contributed by atoms with Crippen molar-refractivity contribution in [2.75, 3.05) is 17.7 Å². The Balaban J connectivity index is 0.00000408. The molecule has 1 aromatic carbocycles. The van der Waals surface area contributed by atoms with Crippen molar-refractivity contribution in [3.8, 4) is 0 Å². The van der Waals surface area contributed by atoms with E-state index in [4.69, 9.17) is 5.73 Å². The summed E-state index contributed by atoms with van der Waals surface area (Å²) in [5.41, 5.74) is 6.81. The van der Waals surface area contributed by atoms with Crippen LogP contribution in [0.5, 0.6) is 0 Å². The first-order valence-corrected chi connectivity index (χ1v) is 11.7. The van der Waals surface area contributed by atoms with Crippen LogP contribution in [0.3, 0.4) is 0 Å². The van der Waals surface area contributed by atoms with Crippen molar-refractivity contribution in [3.05, 3.63) is 29.8 Å². The van der Waals surface area contributed by atoms with E-state index in [2.05, 4.69) is 20.7 Å². The molecular formula is C21H28ClF3N4O4S. The lowest BCUT2D eigenvalue weighted by atomic mass is 10.0. The minimum atomic E-state index is -4.60. The molecular weight excluding hydrogens is 497 g/mol. The van der Waals surface area contributed by atoms with Crippen LogP contribution in [0.15, 0.2) is 24.3 Å². The summed E-state index contributed by atoms with van der Waals surface area (Å²) in [5, 5.41) is 9.02. The van der Waals surface area contributed by atoms with Crippen molar-refractivity contribution in [2.45, 2.75) is 61.7 Å². The van der Waals surface area contributed by atoms with Crippen LogP contribution in [0.4, 0.5) is 23.7 Å². The van der Waals surface area contributed by atoms with Gasteiger partial charge in [-0.05, 0) is 37.0 Å². The Morgan fingerprint density at radius 3 is 2.59 bits per heavy atom. The number of esters is 1. The normalized spacial score (nSPS) is 22.1. The first kappa shape index (κ1) is 28.1. The average Bonchev–Trinajstić information content (AvgIpc) is 3.29. The Hall–Kier alpha value is -2.18. The second kappa shape index (κ2) is 12.5. The third-order valence-corrected chi connectivity index (χ3v) is 6.96. The molecule has 0 bridgehead atoms. The fraction of sp³-hybridized carbons (Fsp3) is 0.571. The summed E-state index contributed by atoms with van der Waals surface area (Å²) in [6.07, 6.45) is -1.67. The Morgan fingerprint density at radius 1 is 1.21 bits per heavy atom. The monoisotopic (exact) mass is 524 g/mol. The van der Waals surface area contributed by atoms with Gasteiger partial charge < -0.3 is 26.4 Å². The molecule has 8 nitrogen and oxygen atoms in total. The van der Waals surface area contributed by atoms with E-state index < -0.39 is 24.8 Å². The number of rotatable bonds is 10. The van der Waals surface area contributed by atoms with E-state index in [1.165, 1.54) is 0 Å². The van der Waals surface area contributed by atoms with Gasteiger partial charge >= 0.3 is 18.2 Å². The molecule has 0 radical (unpaired) electrons. The summed E-state index contributed by atoms with van der Waals surface area (Å²) in [6.45, 7) is -1.67. The van der Waals surface area contributed by atoms with Gasteiger partial charge in [-0.25, -0.2) is 4.79 Å². The molecule has 4 atom stereocenters. The molecule has 5 N–H and O–H groups in total. The Morgan fingerprint density at radius 2 is 1.91 bits per heavy atom. The van der Waals surface area contributed by atoms with Crippen LogP contribution in [-0.4, -0.2) is 59.8 Å². The van der Waals surface area contributed by atoms with Crippen molar-refractivity contribution in [1.82, 2.24) is 10.6 Å². The van der Waals surface area contributed by atoms with Gasteiger partial charge in [0.05, 0.1) is 12.1 Å². The maximum atomic E-state index is 12.2. The molecule has 2 heterocycles. The van der Waals surface area contributed by atoms with Crippen molar-refractivity contribution in [3.63, 3.8) is 0 Å². The van der Waals surface area contributed by atoms with Crippen LogP contribution in [-0.2, 0) is 20.7 Å². The van der Waals surface area contributed by atoms with E-state index >= 15 is 0 Å². The zero-order chi connectivity index (χ0) is 24.0. The minimum Gasteiger partial charge on any atom is -0.455 e. The number of urea groups is 1. The van der Waals surface area contributed by atoms with E-state index in [-0.39, 0.29) is 42.8 Å². The zero-order valence-corrected chi connectivity index (χ0v) is 19.9. The molecule has 13 heteroatoms. The highest BCUT2D eigenvalue weighted by molar-refractivity contribution is 8.00. The summed E-state index contributed by atoms with van der Waals surface area (Å²) >= 11 is 1.84. The van der Waals surface area contributed by atoms with Gasteiger partial charge in [-0.15, -0.1) is 12.4 Å². The molecule has 34 heavy (non-hydrogen) atoms. The number of carbonyl (C=O) groups is 3. The third-order valence-electron chi connectivity index (χ3n) is 5.45. The first-order chi connectivity index (χ1) is 15.6. The van der Waals surface area contributed by atoms with Crippen LogP contribution in [0, 0.1) is 0 Å². The summed E-state index contributed by atoms with van der Waals surface area (Å²) in [6, 6.07) is 5.61. The largest absolute Gasteiger partial charge is 0.455 e. The Bertz CT molecular complexity index is 859. The number of benzene rings is 1. The number of ether oxygens (including phenoxy) is 1. The summed E-state index contributed by atoms with van der Waals surface area (Å²) in [7, 11) is 0. The van der Waals surface area contributed by atoms with Gasteiger partial charge in [-0.2, -0.15) is 24.9 Å². The van der Waals surface area contributed by atoms with Crippen LogP contribution in [0.1, 0.15) is 31.2 Å². The molecule has 3 amide bonds. The molecule has 3 rings (SSSR count). The number of thioether (sulfide) groups is 1. The van der Waals surface area contributed by atoms with E-state index in [1.54, 1.807) is 24.3 Å². The summed E-state index contributed by atoms with van der Waals surface area (Å²) in [5.74, 6) is -0.338. The fourth-order valence-electron chi connectivity index (χ4n) is 3.82. The molecule has 1 aromatic rings. The predicted molar refractivity (Wildman–Crippen MR) is 125 cm³/mol. The number of fused-ring (bicyclic) bond motifs is 1. The molecule has 2 aliphatic rings. The van der Waals surface area contributed by atoms with Crippen LogP contribution < -0.4 is 21.7 Å². The van der Waals surface area contributed by atoms with Gasteiger partial charge in [0.1, 0.15) is 6.04 Å². The van der Waals surface area contributed by atoms with Crippen LogP contribution in [0.25, 0.3) is 0 Å². The van der Waals surface area contributed by atoms with Crippen molar-refractivity contribution >= 4 is 47.8 Å². The number of carbonyl (C=O) groups excluding carboxylic acids is 3. The van der Waals surface area contributed by atoms with Gasteiger partial charge in [-0.1, -0.05) is 18.6 Å². The van der Waals surface area contributed by atoms with Gasteiger partial charge in [0.15, 0.2) is 6.61 Å². The number of halogens is 4. The van der Waals surface area contributed by atoms with Gasteiger partial charge in [-0.3, -0.25) is 9.59 Å². The van der Waals surface area contributed by atoms with Gasteiger partial charge in [0.25, 0.3) is 0 Å². The van der Waals surface area contributed by atoms with E-state index in [9.17, 15) is 27.6 Å². The topological polar surface area (TPSA) is 123 Å². The lowest BCUT2D eigenvalue weighted by Gasteiger charge is -2.16. The maximum absolute atomic E-state index is 12.2. The van der Waals surface area contributed by atoms with E-state index in [0.29, 0.717) is 22.9 Å². The standard InChI is InChI=1S/C21H27F3N4O4S.ClH/c22-21(23,24)11-32-19(30)14(25)9-12-5-7-13(8-6-12)26-17(29)4-2-1-3-16-18-15(10-33-16)27-20(31)28-18;/h5-8,14-16,18H,1-4,9-11,25H2,(H,26,29)(H2,27,28,31);1H/t14-,15-,16-,18-;/m0./s1. The minimum absolute atomic E-state index is 0. The molecule has 2 aliphatic heterocycles. The number of hydrogen-bond acceptors (Lipinski definition) is 6. The maximum Gasteiger partial charge on any atom is 0.422 e. The Kier molecular flexibility index (Phi) is 10.3. The number of anilines is 1. The second-order valence-electron chi connectivity index (χ2n) is 8.15. The van der Waals surface area contributed by atoms with Crippen molar-refractivity contribution in [1.29, 1.82) is 0 Å². The molecule has 0 spiro atoms. The number of hydrogen-bond donors (Lipinski definition) is 4. The molecule has 190 valence electrons. The number of unbranched alkanes of at least 4 members (excludes halogenated alkanes) is 1. The molecule has 0 saturated carbocycles. The molecule has 2 saturated heterocycles. The highest BCUT2D eigenvalue weighted by atomic mass is 35.5. The lowest BCUT2D eigenvalue weighted by Crippen LogP contribution is -2.36. The molecule has 2 fully saturated rings. The SMILES string of the molecule is Cl.N[C@@H](Cc1ccc(NC(=O)CCCC[C@@H]2SC[C@@H]3NC(=O)N[C@@H]32)cc1)C(=O)OCC(F)(F)F. The number of nitrogens with two attached hydrogens (primary N) is 1. The van der Waals surface area contributed by atoms with Crippen molar-refractivity contribution < 1.29 is 32.3 Å². The summed E-state index contributed by atoms with van der Waals surface area (Å²) < 4.78 is 40.5. The summed E-state index contributed by atoms with van der Waals surface area (Å²) in [4.78, 5) is 35.1. The second-order valence-corrected chi connectivity index (χ2v) is 9.42. The van der Waals surface area contributed by atoms with E-state index in [0.717, 1.165) is 25.0 Å². The van der Waals surface area contributed by atoms with E-state index in [1.807, 2.05) is 11.8 Å². The zero-order valence-electron chi connectivity index (χ0n) is 18.2. The van der Waals surface area contributed by atoms with Gasteiger partial charge in [0.2, 0.25) is 5.91 Å². The van der Waals surface area contributed by atoms with Crippen molar-refractivity contribution in [2.24, 2.45) is 5.73 Å². The molecule has 0 aliphatic carbocycles. The fourth-order valence-corrected chi connectivity index (χ4v) is 5.36. The predicted octanol–water partition coefficient (Wildman–Crippen LogP) is 2.75. The smallest absolute Gasteiger partial charge is 0.422 e. The highest BCUT2D eigenvalue weighted by Crippen LogP contribution is 2.33.